The first kappa shape index (κ1) is 11.0. The second kappa shape index (κ2) is 4.98. The minimum atomic E-state index is 0.159. The van der Waals surface area contributed by atoms with E-state index in [1.165, 1.54) is 0 Å². The van der Waals surface area contributed by atoms with Crippen molar-refractivity contribution in [1.29, 1.82) is 0 Å². The Morgan fingerprint density at radius 2 is 2.36 bits per heavy atom. The van der Waals surface area contributed by atoms with Gasteiger partial charge in [-0.15, -0.1) is 0 Å². The number of hydrogen-bond acceptors (Lipinski definition) is 3. The molecule has 4 heteroatoms. The van der Waals surface area contributed by atoms with Crippen LogP contribution in [-0.4, -0.2) is 11.0 Å². The number of nitrogen functional groups attached to an aromatic ring is 1. The van der Waals surface area contributed by atoms with Gasteiger partial charge in [0, 0.05) is 17.8 Å². The van der Waals surface area contributed by atoms with Crippen LogP contribution in [0.2, 0.25) is 5.02 Å². The molecule has 14 heavy (non-hydrogen) atoms. The first-order valence-electron chi connectivity index (χ1n) is 4.42. The van der Waals surface area contributed by atoms with Gasteiger partial charge in [-0.2, -0.15) is 0 Å². The highest BCUT2D eigenvalue weighted by Gasteiger charge is 1.97. The van der Waals surface area contributed by atoms with Gasteiger partial charge >= 0.3 is 0 Å². The fourth-order valence-electron chi connectivity index (χ4n) is 0.988. The first-order chi connectivity index (χ1) is 6.59. The standard InChI is InChI=1S/C10H14ClN3/c1-7(12)3-2-4-8-6-14-10(13)5-9(8)11/h2,4-7H,3,12H2,1H3,(H2,13,14)/b4-2+/t7-/m0/s1. The van der Waals surface area contributed by atoms with Crippen LogP contribution in [-0.2, 0) is 0 Å². The van der Waals surface area contributed by atoms with Gasteiger partial charge in [-0.05, 0) is 19.4 Å². The topological polar surface area (TPSA) is 64.9 Å². The van der Waals surface area contributed by atoms with Crippen LogP contribution in [0.4, 0.5) is 5.82 Å². The van der Waals surface area contributed by atoms with Gasteiger partial charge in [-0.3, -0.25) is 0 Å². The zero-order valence-electron chi connectivity index (χ0n) is 8.07. The minimum absolute atomic E-state index is 0.159. The zero-order valence-corrected chi connectivity index (χ0v) is 8.83. The molecule has 0 amide bonds. The van der Waals surface area contributed by atoms with Gasteiger partial charge in [0.05, 0.1) is 5.02 Å². The van der Waals surface area contributed by atoms with E-state index in [0.717, 1.165) is 12.0 Å². The van der Waals surface area contributed by atoms with Gasteiger partial charge < -0.3 is 11.5 Å². The molecule has 0 aromatic carbocycles. The molecule has 76 valence electrons. The van der Waals surface area contributed by atoms with Crippen molar-refractivity contribution in [3.05, 3.63) is 28.9 Å². The molecule has 0 saturated carbocycles. The van der Waals surface area contributed by atoms with Crippen molar-refractivity contribution in [2.75, 3.05) is 5.73 Å². The Kier molecular flexibility index (Phi) is 3.92. The van der Waals surface area contributed by atoms with E-state index < -0.39 is 0 Å². The van der Waals surface area contributed by atoms with E-state index in [2.05, 4.69) is 4.98 Å². The molecule has 1 aromatic heterocycles. The molecule has 1 heterocycles. The van der Waals surface area contributed by atoms with E-state index in [-0.39, 0.29) is 6.04 Å². The van der Waals surface area contributed by atoms with Gasteiger partial charge in [0.15, 0.2) is 0 Å². The highest BCUT2D eigenvalue weighted by molar-refractivity contribution is 6.32. The third-order valence-electron chi connectivity index (χ3n) is 1.71. The minimum Gasteiger partial charge on any atom is -0.384 e. The number of rotatable bonds is 3. The number of anilines is 1. The summed E-state index contributed by atoms with van der Waals surface area (Å²) in [5.41, 5.74) is 11.9. The summed E-state index contributed by atoms with van der Waals surface area (Å²) in [7, 11) is 0. The molecule has 0 unspecified atom stereocenters. The Labute approximate surface area is 88.8 Å². The van der Waals surface area contributed by atoms with E-state index in [0.29, 0.717) is 10.8 Å². The van der Waals surface area contributed by atoms with E-state index in [1.807, 2.05) is 19.1 Å². The van der Waals surface area contributed by atoms with Crippen molar-refractivity contribution in [3.8, 4) is 0 Å². The number of pyridine rings is 1. The SMILES string of the molecule is C[C@H](N)C/C=C/c1cnc(N)cc1Cl. The number of hydrogen-bond donors (Lipinski definition) is 2. The fraction of sp³-hybridized carbons (Fsp3) is 0.300. The molecular weight excluding hydrogens is 198 g/mol. The lowest BCUT2D eigenvalue weighted by Gasteiger charge is -2.00. The number of nitrogens with zero attached hydrogens (tertiary/aromatic N) is 1. The average molecular weight is 212 g/mol. The summed E-state index contributed by atoms with van der Waals surface area (Å²) in [6.45, 7) is 1.95. The van der Waals surface area contributed by atoms with Crippen LogP contribution in [0.15, 0.2) is 18.3 Å². The van der Waals surface area contributed by atoms with Crippen LogP contribution in [0.1, 0.15) is 18.9 Å². The molecule has 4 N–H and O–H groups in total. The zero-order chi connectivity index (χ0) is 10.6. The summed E-state index contributed by atoms with van der Waals surface area (Å²) in [4.78, 5) is 3.95. The molecule has 1 aromatic rings. The molecule has 0 aliphatic carbocycles. The summed E-state index contributed by atoms with van der Waals surface area (Å²) in [5.74, 6) is 0.430. The number of aromatic nitrogens is 1. The van der Waals surface area contributed by atoms with Gasteiger partial charge in [-0.1, -0.05) is 23.8 Å². The summed E-state index contributed by atoms with van der Waals surface area (Å²) in [5, 5.41) is 0.610. The molecule has 1 atom stereocenters. The number of halogens is 1. The van der Waals surface area contributed by atoms with Crippen LogP contribution in [0.3, 0.4) is 0 Å². The summed E-state index contributed by atoms with van der Waals surface area (Å²) in [6, 6.07) is 1.79. The largest absolute Gasteiger partial charge is 0.384 e. The summed E-state index contributed by atoms with van der Waals surface area (Å²) >= 11 is 5.94. The monoisotopic (exact) mass is 211 g/mol. The lowest BCUT2D eigenvalue weighted by atomic mass is 10.2. The molecule has 0 saturated heterocycles. The fourth-order valence-corrected chi connectivity index (χ4v) is 1.21. The first-order valence-corrected chi connectivity index (χ1v) is 4.80. The van der Waals surface area contributed by atoms with Crippen LogP contribution >= 0.6 is 11.6 Å². The van der Waals surface area contributed by atoms with Crippen LogP contribution < -0.4 is 11.5 Å². The Morgan fingerprint density at radius 3 is 2.93 bits per heavy atom. The normalized spacial score (nSPS) is 13.4. The third-order valence-corrected chi connectivity index (χ3v) is 2.04. The van der Waals surface area contributed by atoms with Crippen molar-refractivity contribution in [1.82, 2.24) is 4.98 Å². The number of nitrogens with two attached hydrogens (primary N) is 2. The van der Waals surface area contributed by atoms with Crippen molar-refractivity contribution in [2.24, 2.45) is 5.73 Å². The summed E-state index contributed by atoms with van der Waals surface area (Å²) in [6.07, 6.45) is 6.35. The average Bonchev–Trinajstić information content (AvgIpc) is 2.08. The second-order valence-corrected chi connectivity index (χ2v) is 3.65. The van der Waals surface area contributed by atoms with Gasteiger partial charge in [0.2, 0.25) is 0 Å². The Bertz CT molecular complexity index is 334. The van der Waals surface area contributed by atoms with E-state index in [9.17, 15) is 0 Å². The summed E-state index contributed by atoms with van der Waals surface area (Å²) < 4.78 is 0. The Hall–Kier alpha value is -1.06. The molecule has 0 bridgehead atoms. The smallest absolute Gasteiger partial charge is 0.124 e. The quantitative estimate of drug-likeness (QED) is 0.805. The molecule has 0 radical (unpaired) electrons. The maximum Gasteiger partial charge on any atom is 0.124 e. The van der Waals surface area contributed by atoms with Gasteiger partial charge in [0.25, 0.3) is 0 Å². The predicted molar refractivity (Wildman–Crippen MR) is 61.0 cm³/mol. The molecule has 0 fully saturated rings. The van der Waals surface area contributed by atoms with Gasteiger partial charge in [-0.25, -0.2) is 4.98 Å². The maximum absolute atomic E-state index is 5.94. The second-order valence-electron chi connectivity index (χ2n) is 3.25. The van der Waals surface area contributed by atoms with Crippen LogP contribution in [0, 0.1) is 0 Å². The van der Waals surface area contributed by atoms with Crippen molar-refractivity contribution in [3.63, 3.8) is 0 Å². The van der Waals surface area contributed by atoms with E-state index >= 15 is 0 Å². The van der Waals surface area contributed by atoms with Crippen molar-refractivity contribution >= 4 is 23.5 Å². The van der Waals surface area contributed by atoms with Crippen LogP contribution in [0.5, 0.6) is 0 Å². The molecule has 0 aliphatic heterocycles. The van der Waals surface area contributed by atoms with Gasteiger partial charge in [0.1, 0.15) is 5.82 Å². The van der Waals surface area contributed by atoms with E-state index in [1.54, 1.807) is 12.3 Å². The highest BCUT2D eigenvalue weighted by atomic mass is 35.5. The Balaban J connectivity index is 2.72. The molecule has 3 nitrogen and oxygen atoms in total. The predicted octanol–water partition coefficient (Wildman–Crippen LogP) is 2.07. The molecular formula is C10H14ClN3. The maximum atomic E-state index is 5.94. The molecule has 1 rings (SSSR count). The lowest BCUT2D eigenvalue weighted by Crippen LogP contribution is -2.12. The van der Waals surface area contributed by atoms with Crippen molar-refractivity contribution in [2.45, 2.75) is 19.4 Å². The lowest BCUT2D eigenvalue weighted by molar-refractivity contribution is 0.759. The third kappa shape index (κ3) is 3.36. The van der Waals surface area contributed by atoms with Crippen molar-refractivity contribution < 1.29 is 0 Å². The molecule has 0 spiro atoms. The Morgan fingerprint density at radius 1 is 1.64 bits per heavy atom. The van der Waals surface area contributed by atoms with E-state index in [4.69, 9.17) is 23.1 Å². The molecule has 0 aliphatic rings. The highest BCUT2D eigenvalue weighted by Crippen LogP contribution is 2.18. The van der Waals surface area contributed by atoms with Crippen LogP contribution in [0.25, 0.3) is 6.08 Å².